The zero-order chi connectivity index (χ0) is 13.5. The molecule has 0 aliphatic heterocycles. The lowest BCUT2D eigenvalue weighted by molar-refractivity contribution is 0.0521. The molecule has 0 unspecified atom stereocenters. The third-order valence-electron chi connectivity index (χ3n) is 2.20. The van der Waals surface area contributed by atoms with Gasteiger partial charge in [-0.15, -0.1) is 0 Å². The minimum atomic E-state index is -0.625. The molecule has 0 radical (unpaired) electrons. The molecule has 96 valence electrons. The van der Waals surface area contributed by atoms with Crippen molar-refractivity contribution in [3.63, 3.8) is 0 Å². The fraction of sp³-hybridized carbons (Fsp3) is 0.333. The molecule has 0 saturated carbocycles. The van der Waals surface area contributed by atoms with Crippen molar-refractivity contribution in [2.24, 2.45) is 0 Å². The Morgan fingerprint density at radius 1 is 1.44 bits per heavy atom. The second-order valence-electron chi connectivity index (χ2n) is 4.86. The standard InChI is InChI=1S/C12H13BrN2O3/c1-12(2,3)18-11(17)15-9-7(10(13)14-15)5-4-6-8(9)16/h4-6,16H,1-3H3. The minimum Gasteiger partial charge on any atom is -0.506 e. The van der Waals surface area contributed by atoms with E-state index in [1.165, 1.54) is 6.07 Å². The molecule has 0 aliphatic carbocycles. The van der Waals surface area contributed by atoms with E-state index in [2.05, 4.69) is 21.0 Å². The molecular formula is C12H13BrN2O3. The fourth-order valence-electron chi connectivity index (χ4n) is 1.55. The Balaban J connectivity index is 2.55. The molecule has 2 rings (SSSR count). The van der Waals surface area contributed by atoms with Crippen molar-refractivity contribution in [1.29, 1.82) is 0 Å². The molecule has 18 heavy (non-hydrogen) atoms. The number of phenols is 1. The number of carbonyl (C=O) groups is 1. The van der Waals surface area contributed by atoms with Crippen LogP contribution in [-0.4, -0.2) is 26.6 Å². The molecule has 0 spiro atoms. The molecule has 0 saturated heterocycles. The average Bonchev–Trinajstić information content (AvgIpc) is 2.56. The van der Waals surface area contributed by atoms with E-state index in [-0.39, 0.29) is 5.75 Å². The van der Waals surface area contributed by atoms with Gasteiger partial charge in [0, 0.05) is 5.39 Å². The predicted octanol–water partition coefficient (Wildman–Crippen LogP) is 3.29. The molecule has 0 bridgehead atoms. The second kappa shape index (κ2) is 4.28. The Morgan fingerprint density at radius 3 is 2.72 bits per heavy atom. The minimum absolute atomic E-state index is 0.0171. The van der Waals surface area contributed by atoms with E-state index in [0.717, 1.165) is 4.68 Å². The number of hydrogen-bond donors (Lipinski definition) is 1. The van der Waals surface area contributed by atoms with Crippen LogP contribution in [0.5, 0.6) is 5.75 Å². The summed E-state index contributed by atoms with van der Waals surface area (Å²) < 4.78 is 6.77. The molecule has 0 atom stereocenters. The number of para-hydroxylation sites is 1. The molecule has 2 aromatic rings. The number of hydrogen-bond acceptors (Lipinski definition) is 4. The quantitative estimate of drug-likeness (QED) is 0.810. The van der Waals surface area contributed by atoms with Gasteiger partial charge in [-0.05, 0) is 48.8 Å². The van der Waals surface area contributed by atoms with Gasteiger partial charge >= 0.3 is 6.09 Å². The van der Waals surface area contributed by atoms with E-state index in [9.17, 15) is 9.90 Å². The van der Waals surface area contributed by atoms with Crippen LogP contribution in [0.15, 0.2) is 22.8 Å². The summed E-state index contributed by atoms with van der Waals surface area (Å²) in [4.78, 5) is 12.0. The summed E-state index contributed by atoms with van der Waals surface area (Å²) in [5.74, 6) is -0.0171. The van der Waals surface area contributed by atoms with Crippen LogP contribution in [0, 0.1) is 0 Å². The summed E-state index contributed by atoms with van der Waals surface area (Å²) in [6.07, 6.45) is -0.625. The zero-order valence-corrected chi connectivity index (χ0v) is 11.9. The molecule has 1 N–H and O–H groups in total. The van der Waals surface area contributed by atoms with Crippen molar-refractivity contribution < 1.29 is 14.6 Å². The molecule has 1 aromatic carbocycles. The Kier molecular flexibility index (Phi) is 3.06. The predicted molar refractivity (Wildman–Crippen MR) is 70.7 cm³/mol. The maximum atomic E-state index is 12.0. The number of carbonyl (C=O) groups excluding carboxylic acids is 1. The van der Waals surface area contributed by atoms with Gasteiger partial charge in [0.2, 0.25) is 0 Å². The Hall–Kier alpha value is -1.56. The normalized spacial score (nSPS) is 11.8. The van der Waals surface area contributed by atoms with Crippen LogP contribution in [-0.2, 0) is 4.74 Å². The third-order valence-corrected chi connectivity index (χ3v) is 2.79. The number of halogens is 1. The molecular weight excluding hydrogens is 300 g/mol. The van der Waals surface area contributed by atoms with Gasteiger partial charge in [-0.2, -0.15) is 9.78 Å². The second-order valence-corrected chi connectivity index (χ2v) is 5.61. The lowest BCUT2D eigenvalue weighted by Gasteiger charge is -2.19. The van der Waals surface area contributed by atoms with Crippen LogP contribution in [0.4, 0.5) is 4.79 Å². The van der Waals surface area contributed by atoms with Crippen LogP contribution in [0.25, 0.3) is 10.9 Å². The number of ether oxygens (including phenoxy) is 1. The number of aromatic nitrogens is 2. The van der Waals surface area contributed by atoms with Gasteiger partial charge < -0.3 is 9.84 Å². The van der Waals surface area contributed by atoms with Crippen LogP contribution in [0.3, 0.4) is 0 Å². The van der Waals surface area contributed by atoms with E-state index >= 15 is 0 Å². The summed E-state index contributed by atoms with van der Waals surface area (Å²) in [7, 11) is 0. The maximum absolute atomic E-state index is 12.0. The van der Waals surface area contributed by atoms with Crippen molar-refractivity contribution in [1.82, 2.24) is 9.78 Å². The Bertz CT molecular complexity index is 614. The van der Waals surface area contributed by atoms with Crippen LogP contribution >= 0.6 is 15.9 Å². The van der Waals surface area contributed by atoms with E-state index < -0.39 is 11.7 Å². The number of fused-ring (bicyclic) bond motifs is 1. The third kappa shape index (κ3) is 2.33. The van der Waals surface area contributed by atoms with Crippen LogP contribution in [0.2, 0.25) is 0 Å². The van der Waals surface area contributed by atoms with Crippen molar-refractivity contribution in [3.05, 3.63) is 22.8 Å². The van der Waals surface area contributed by atoms with Crippen molar-refractivity contribution >= 4 is 32.9 Å². The van der Waals surface area contributed by atoms with Crippen LogP contribution < -0.4 is 0 Å². The highest BCUT2D eigenvalue weighted by molar-refractivity contribution is 9.10. The summed E-state index contributed by atoms with van der Waals surface area (Å²) in [6, 6.07) is 4.94. The van der Waals surface area contributed by atoms with Gasteiger partial charge in [-0.3, -0.25) is 0 Å². The Morgan fingerprint density at radius 2 is 2.11 bits per heavy atom. The number of aromatic hydroxyl groups is 1. The topological polar surface area (TPSA) is 64.4 Å². The van der Waals surface area contributed by atoms with Crippen molar-refractivity contribution in [3.8, 4) is 5.75 Å². The molecule has 5 nitrogen and oxygen atoms in total. The van der Waals surface area contributed by atoms with Gasteiger partial charge in [0.15, 0.2) is 0 Å². The average molecular weight is 313 g/mol. The van der Waals surface area contributed by atoms with E-state index in [1.54, 1.807) is 32.9 Å². The first-order chi connectivity index (χ1) is 8.29. The first-order valence-electron chi connectivity index (χ1n) is 5.39. The molecule has 6 heteroatoms. The summed E-state index contributed by atoms with van der Waals surface area (Å²) in [6.45, 7) is 5.31. The first kappa shape index (κ1) is 12.9. The monoisotopic (exact) mass is 312 g/mol. The molecule has 1 heterocycles. The van der Waals surface area contributed by atoms with Gasteiger partial charge in [0.1, 0.15) is 21.5 Å². The number of nitrogens with zero attached hydrogens (tertiary/aromatic N) is 2. The van der Waals surface area contributed by atoms with E-state index in [4.69, 9.17) is 4.74 Å². The molecule has 0 amide bonds. The number of benzene rings is 1. The molecule has 1 aromatic heterocycles. The van der Waals surface area contributed by atoms with Crippen molar-refractivity contribution in [2.45, 2.75) is 26.4 Å². The van der Waals surface area contributed by atoms with E-state index in [0.29, 0.717) is 15.5 Å². The highest BCUT2D eigenvalue weighted by Gasteiger charge is 2.22. The summed E-state index contributed by atoms with van der Waals surface area (Å²) >= 11 is 3.25. The van der Waals surface area contributed by atoms with Crippen LogP contribution in [0.1, 0.15) is 20.8 Å². The van der Waals surface area contributed by atoms with Gasteiger partial charge in [-0.25, -0.2) is 4.79 Å². The summed E-state index contributed by atoms with van der Waals surface area (Å²) in [5, 5.41) is 14.5. The number of phenolic OH excluding ortho intramolecular Hbond substituents is 1. The summed E-state index contributed by atoms with van der Waals surface area (Å²) in [5.41, 5.74) is -0.287. The fourth-order valence-corrected chi connectivity index (χ4v) is 2.03. The largest absolute Gasteiger partial charge is 0.506 e. The van der Waals surface area contributed by atoms with E-state index in [1.807, 2.05) is 0 Å². The maximum Gasteiger partial charge on any atom is 0.435 e. The van der Waals surface area contributed by atoms with Gasteiger partial charge in [0.25, 0.3) is 0 Å². The smallest absolute Gasteiger partial charge is 0.435 e. The lowest BCUT2D eigenvalue weighted by Crippen LogP contribution is -2.27. The van der Waals surface area contributed by atoms with Crippen molar-refractivity contribution in [2.75, 3.05) is 0 Å². The molecule has 0 fully saturated rings. The van der Waals surface area contributed by atoms with Gasteiger partial charge in [0.05, 0.1) is 0 Å². The Labute approximate surface area is 112 Å². The zero-order valence-electron chi connectivity index (χ0n) is 10.3. The molecule has 0 aliphatic rings. The lowest BCUT2D eigenvalue weighted by atomic mass is 10.2. The SMILES string of the molecule is CC(C)(C)OC(=O)n1nc(Br)c2cccc(O)c21. The highest BCUT2D eigenvalue weighted by atomic mass is 79.9. The highest BCUT2D eigenvalue weighted by Crippen LogP contribution is 2.30. The number of rotatable bonds is 0. The van der Waals surface area contributed by atoms with Gasteiger partial charge in [-0.1, -0.05) is 6.07 Å². The first-order valence-corrected chi connectivity index (χ1v) is 6.18.